The molecule has 1 aromatic rings. The molecule has 0 atom stereocenters. The van der Waals surface area contributed by atoms with Gasteiger partial charge in [-0.05, 0) is 12.8 Å². The maximum Gasteiger partial charge on any atom is 0.227 e. The lowest BCUT2D eigenvalue weighted by Crippen LogP contribution is -2.45. The van der Waals surface area contributed by atoms with Crippen LogP contribution in [0.4, 0.5) is 0 Å². The van der Waals surface area contributed by atoms with E-state index in [9.17, 15) is 9.59 Å². The maximum absolute atomic E-state index is 12.3. The number of amides is 2. The van der Waals surface area contributed by atoms with Gasteiger partial charge in [0, 0.05) is 44.4 Å². The number of carbonyl (C=O) groups excluding carboxylic acids is 2. The highest BCUT2D eigenvalue weighted by Gasteiger charge is 2.38. The Morgan fingerprint density at radius 2 is 1.88 bits per heavy atom. The predicted octanol–water partition coefficient (Wildman–Crippen LogP) is 2.26. The Labute approximate surface area is 158 Å². The third-order valence-electron chi connectivity index (χ3n) is 5.19. The molecule has 0 radical (unpaired) electrons. The topological polar surface area (TPSA) is 88.3 Å². The van der Waals surface area contributed by atoms with Crippen LogP contribution in [0.3, 0.4) is 0 Å². The van der Waals surface area contributed by atoms with Crippen LogP contribution in [0.5, 0.6) is 0 Å². The fourth-order valence-electron chi connectivity index (χ4n) is 3.81. The SMILES string of the molecule is CC(=O)NC1(c2noc(CCC(=O)N3CCSCC3)n2)CCCCCC1. The van der Waals surface area contributed by atoms with E-state index in [1.807, 2.05) is 16.7 Å². The molecular formula is C18H28N4O3S. The Morgan fingerprint density at radius 1 is 1.19 bits per heavy atom. The van der Waals surface area contributed by atoms with E-state index in [4.69, 9.17) is 4.52 Å². The number of nitrogens with one attached hydrogen (secondary N) is 1. The molecule has 144 valence electrons. The zero-order chi connectivity index (χ0) is 18.4. The van der Waals surface area contributed by atoms with Gasteiger partial charge in [-0.1, -0.05) is 30.8 Å². The van der Waals surface area contributed by atoms with Crippen molar-refractivity contribution >= 4 is 23.6 Å². The molecular weight excluding hydrogens is 352 g/mol. The van der Waals surface area contributed by atoms with Crippen LogP contribution in [0, 0.1) is 0 Å². The van der Waals surface area contributed by atoms with E-state index in [1.165, 1.54) is 6.92 Å². The first-order valence-electron chi connectivity index (χ1n) is 9.56. The van der Waals surface area contributed by atoms with Gasteiger partial charge in [-0.2, -0.15) is 16.7 Å². The highest BCUT2D eigenvalue weighted by molar-refractivity contribution is 7.99. The van der Waals surface area contributed by atoms with Gasteiger partial charge in [0.1, 0.15) is 5.54 Å². The predicted molar refractivity (Wildman–Crippen MR) is 99.7 cm³/mol. The first-order chi connectivity index (χ1) is 12.6. The molecule has 2 heterocycles. The molecule has 1 saturated heterocycles. The lowest BCUT2D eigenvalue weighted by Gasteiger charge is -2.30. The van der Waals surface area contributed by atoms with E-state index in [0.29, 0.717) is 24.6 Å². The molecule has 0 bridgehead atoms. The van der Waals surface area contributed by atoms with E-state index in [2.05, 4.69) is 15.5 Å². The number of nitrogens with zero attached hydrogens (tertiary/aromatic N) is 3. The van der Waals surface area contributed by atoms with Crippen LogP contribution < -0.4 is 5.32 Å². The quantitative estimate of drug-likeness (QED) is 0.789. The van der Waals surface area contributed by atoms with E-state index in [-0.39, 0.29) is 11.8 Å². The van der Waals surface area contributed by atoms with E-state index in [1.54, 1.807) is 0 Å². The van der Waals surface area contributed by atoms with Crippen molar-refractivity contribution in [1.82, 2.24) is 20.4 Å². The summed E-state index contributed by atoms with van der Waals surface area (Å²) in [6, 6.07) is 0. The molecule has 7 nitrogen and oxygen atoms in total. The van der Waals surface area contributed by atoms with Crippen LogP contribution in [-0.4, -0.2) is 51.5 Å². The number of hydrogen-bond acceptors (Lipinski definition) is 6. The summed E-state index contributed by atoms with van der Waals surface area (Å²) < 4.78 is 5.42. The molecule has 1 N–H and O–H groups in total. The molecule has 2 fully saturated rings. The van der Waals surface area contributed by atoms with E-state index in [0.717, 1.165) is 63.1 Å². The molecule has 0 spiro atoms. The summed E-state index contributed by atoms with van der Waals surface area (Å²) in [4.78, 5) is 30.5. The van der Waals surface area contributed by atoms with Crippen molar-refractivity contribution in [2.24, 2.45) is 0 Å². The van der Waals surface area contributed by atoms with Crippen LogP contribution in [0.25, 0.3) is 0 Å². The number of carbonyl (C=O) groups is 2. The maximum atomic E-state index is 12.3. The molecule has 3 rings (SSSR count). The van der Waals surface area contributed by atoms with Crippen molar-refractivity contribution in [1.29, 1.82) is 0 Å². The Morgan fingerprint density at radius 3 is 2.54 bits per heavy atom. The number of thioether (sulfide) groups is 1. The number of rotatable bonds is 5. The second-order valence-corrected chi connectivity index (χ2v) is 8.41. The van der Waals surface area contributed by atoms with Crippen molar-refractivity contribution < 1.29 is 14.1 Å². The lowest BCUT2D eigenvalue weighted by molar-refractivity contribution is -0.130. The number of aryl methyl sites for hydroxylation is 1. The number of aromatic nitrogens is 2. The minimum absolute atomic E-state index is 0.0728. The normalized spacial score (nSPS) is 20.4. The molecule has 1 aromatic heterocycles. The molecule has 2 aliphatic rings. The summed E-state index contributed by atoms with van der Waals surface area (Å²) in [6.45, 7) is 3.18. The molecule has 8 heteroatoms. The summed E-state index contributed by atoms with van der Waals surface area (Å²) in [5, 5.41) is 7.25. The van der Waals surface area contributed by atoms with Crippen molar-refractivity contribution in [2.75, 3.05) is 24.6 Å². The molecule has 0 aromatic carbocycles. The highest BCUT2D eigenvalue weighted by Crippen LogP contribution is 2.34. The van der Waals surface area contributed by atoms with Gasteiger partial charge in [0.2, 0.25) is 17.7 Å². The summed E-state index contributed by atoms with van der Waals surface area (Å²) in [7, 11) is 0. The Balaban J connectivity index is 1.64. The summed E-state index contributed by atoms with van der Waals surface area (Å²) >= 11 is 1.89. The molecule has 1 aliphatic carbocycles. The van der Waals surface area contributed by atoms with Crippen LogP contribution >= 0.6 is 11.8 Å². The second-order valence-electron chi connectivity index (χ2n) is 7.18. The third-order valence-corrected chi connectivity index (χ3v) is 6.13. The Bertz CT molecular complexity index is 620. The van der Waals surface area contributed by atoms with Crippen LogP contribution in [-0.2, 0) is 21.5 Å². The fourth-order valence-corrected chi connectivity index (χ4v) is 4.71. The van der Waals surface area contributed by atoms with Crippen molar-refractivity contribution in [3.05, 3.63) is 11.7 Å². The zero-order valence-corrected chi connectivity index (χ0v) is 16.3. The summed E-state index contributed by atoms with van der Waals surface area (Å²) in [6.07, 6.45) is 6.89. The van der Waals surface area contributed by atoms with Gasteiger partial charge < -0.3 is 14.7 Å². The average molecular weight is 381 g/mol. The molecule has 26 heavy (non-hydrogen) atoms. The van der Waals surface area contributed by atoms with Crippen LogP contribution in [0.2, 0.25) is 0 Å². The average Bonchev–Trinajstić information content (AvgIpc) is 3.00. The van der Waals surface area contributed by atoms with E-state index >= 15 is 0 Å². The Hall–Kier alpha value is -1.57. The van der Waals surface area contributed by atoms with Gasteiger partial charge >= 0.3 is 0 Å². The zero-order valence-electron chi connectivity index (χ0n) is 15.5. The molecule has 1 aliphatic heterocycles. The second kappa shape index (κ2) is 8.88. The van der Waals surface area contributed by atoms with Gasteiger partial charge in [0.05, 0.1) is 0 Å². The van der Waals surface area contributed by atoms with Gasteiger partial charge in [-0.3, -0.25) is 9.59 Å². The minimum atomic E-state index is -0.530. The van der Waals surface area contributed by atoms with Crippen molar-refractivity contribution in [2.45, 2.75) is 63.8 Å². The monoisotopic (exact) mass is 380 g/mol. The van der Waals surface area contributed by atoms with Crippen molar-refractivity contribution in [3.63, 3.8) is 0 Å². The van der Waals surface area contributed by atoms with Gasteiger partial charge in [0.15, 0.2) is 5.82 Å². The Kier molecular flexibility index (Phi) is 6.56. The van der Waals surface area contributed by atoms with Gasteiger partial charge in [0.25, 0.3) is 0 Å². The smallest absolute Gasteiger partial charge is 0.227 e. The largest absolute Gasteiger partial charge is 0.343 e. The first kappa shape index (κ1) is 19.2. The molecule has 0 unspecified atom stereocenters. The summed E-state index contributed by atoms with van der Waals surface area (Å²) in [5.74, 6) is 3.14. The van der Waals surface area contributed by atoms with Gasteiger partial charge in [-0.15, -0.1) is 0 Å². The lowest BCUT2D eigenvalue weighted by atomic mass is 9.89. The van der Waals surface area contributed by atoms with Crippen LogP contribution in [0.15, 0.2) is 4.52 Å². The minimum Gasteiger partial charge on any atom is -0.343 e. The molecule has 2 amide bonds. The van der Waals surface area contributed by atoms with E-state index < -0.39 is 5.54 Å². The highest BCUT2D eigenvalue weighted by atomic mass is 32.2. The fraction of sp³-hybridized carbons (Fsp3) is 0.778. The summed E-state index contributed by atoms with van der Waals surface area (Å²) in [5.41, 5.74) is -0.530. The third kappa shape index (κ3) is 4.78. The standard InChI is InChI=1S/C18H28N4O3S/c1-14(23)20-18(8-4-2-3-5-9-18)17-19-15(25-21-17)6-7-16(24)22-10-12-26-13-11-22/h2-13H2,1H3,(H,20,23). The van der Waals surface area contributed by atoms with Crippen molar-refractivity contribution in [3.8, 4) is 0 Å². The van der Waals surface area contributed by atoms with Crippen LogP contribution in [0.1, 0.15) is 63.6 Å². The van der Waals surface area contributed by atoms with Gasteiger partial charge in [-0.25, -0.2) is 0 Å². The first-order valence-corrected chi connectivity index (χ1v) is 10.7. The number of hydrogen-bond donors (Lipinski definition) is 1. The molecule has 1 saturated carbocycles.